The molecule has 6 heteroatoms. The van der Waals surface area contributed by atoms with Crippen molar-refractivity contribution in [1.82, 2.24) is 24.6 Å². The van der Waals surface area contributed by atoms with Crippen LogP contribution in [0.5, 0.6) is 0 Å². The Bertz CT molecular complexity index is 879. The van der Waals surface area contributed by atoms with E-state index < -0.39 is 0 Å². The average molecular weight is 335 g/mol. The highest BCUT2D eigenvalue weighted by Crippen LogP contribution is 2.23. The average Bonchev–Trinajstić information content (AvgIpc) is 3.00. The molecule has 1 atom stereocenters. The van der Waals surface area contributed by atoms with E-state index in [1.807, 2.05) is 48.5 Å². The fourth-order valence-corrected chi connectivity index (χ4v) is 3.33. The van der Waals surface area contributed by atoms with Crippen LogP contribution in [0.1, 0.15) is 30.3 Å². The summed E-state index contributed by atoms with van der Waals surface area (Å²) in [4.78, 5) is 17.4. The number of nitrogens with one attached hydrogen (secondary N) is 1. The number of benzene rings is 1. The Morgan fingerprint density at radius 1 is 1.12 bits per heavy atom. The summed E-state index contributed by atoms with van der Waals surface area (Å²) in [7, 11) is 0. The van der Waals surface area contributed by atoms with E-state index in [2.05, 4.69) is 10.3 Å². The van der Waals surface area contributed by atoms with Crippen LogP contribution in [0.4, 0.5) is 0 Å². The summed E-state index contributed by atoms with van der Waals surface area (Å²) in [5, 5.41) is 8.11. The Balaban J connectivity index is 1.78. The molecule has 1 N–H and O–H groups in total. The normalized spacial score (nSPS) is 17.5. The predicted octanol–water partition coefficient (Wildman–Crippen LogP) is 1.94. The second kappa shape index (κ2) is 7.03. The van der Waals surface area contributed by atoms with Gasteiger partial charge in [-0.05, 0) is 43.7 Å². The topological polar surface area (TPSA) is 64.7 Å². The van der Waals surface area contributed by atoms with Gasteiger partial charge >= 0.3 is 5.69 Å². The molecular formula is C19H21N5O. The number of hydrogen-bond donors (Lipinski definition) is 1. The van der Waals surface area contributed by atoms with Gasteiger partial charge in [0.1, 0.15) is 5.82 Å². The summed E-state index contributed by atoms with van der Waals surface area (Å²) >= 11 is 0. The maximum absolute atomic E-state index is 13.1. The van der Waals surface area contributed by atoms with E-state index >= 15 is 0 Å². The third-order valence-electron chi connectivity index (χ3n) is 4.58. The fourth-order valence-electron chi connectivity index (χ4n) is 3.33. The van der Waals surface area contributed by atoms with Gasteiger partial charge in [0.2, 0.25) is 0 Å². The number of para-hydroxylation sites is 1. The monoisotopic (exact) mass is 335 g/mol. The van der Waals surface area contributed by atoms with Crippen molar-refractivity contribution in [2.24, 2.45) is 0 Å². The fraction of sp³-hybridized carbons (Fsp3) is 0.316. The second-order valence-corrected chi connectivity index (χ2v) is 6.33. The number of aromatic nitrogens is 4. The van der Waals surface area contributed by atoms with Crippen molar-refractivity contribution in [1.29, 1.82) is 0 Å². The van der Waals surface area contributed by atoms with Crippen LogP contribution in [0, 0.1) is 0 Å². The van der Waals surface area contributed by atoms with E-state index in [4.69, 9.17) is 5.10 Å². The van der Waals surface area contributed by atoms with Gasteiger partial charge in [-0.3, -0.25) is 4.98 Å². The minimum absolute atomic E-state index is 0.113. The van der Waals surface area contributed by atoms with Gasteiger partial charge in [-0.25, -0.2) is 14.0 Å². The van der Waals surface area contributed by atoms with Crippen molar-refractivity contribution in [3.05, 3.63) is 76.7 Å². The zero-order valence-electron chi connectivity index (χ0n) is 14.0. The van der Waals surface area contributed by atoms with Gasteiger partial charge in [0.05, 0.1) is 17.9 Å². The molecule has 3 heterocycles. The second-order valence-electron chi connectivity index (χ2n) is 6.33. The number of pyridine rings is 1. The molecule has 0 saturated carbocycles. The van der Waals surface area contributed by atoms with Crippen molar-refractivity contribution in [2.75, 3.05) is 13.1 Å². The largest absolute Gasteiger partial charge is 0.350 e. The molecule has 0 spiro atoms. The van der Waals surface area contributed by atoms with Crippen LogP contribution in [-0.4, -0.2) is 32.4 Å². The zero-order valence-corrected chi connectivity index (χ0v) is 14.0. The number of nitrogens with zero attached hydrogens (tertiary/aromatic N) is 4. The van der Waals surface area contributed by atoms with Crippen molar-refractivity contribution < 1.29 is 0 Å². The smallest absolute Gasteiger partial charge is 0.316 e. The Hall–Kier alpha value is -2.73. The summed E-state index contributed by atoms with van der Waals surface area (Å²) in [6, 6.07) is 15.5. The minimum Gasteiger partial charge on any atom is -0.316 e. The molecule has 25 heavy (non-hydrogen) atoms. The lowest BCUT2D eigenvalue weighted by atomic mass is 9.99. The van der Waals surface area contributed by atoms with Crippen LogP contribution in [0.25, 0.3) is 5.69 Å². The van der Waals surface area contributed by atoms with Crippen molar-refractivity contribution in [3.8, 4) is 5.69 Å². The molecule has 2 aromatic heterocycles. The third-order valence-corrected chi connectivity index (χ3v) is 4.58. The number of rotatable bonds is 4. The molecule has 1 fully saturated rings. The summed E-state index contributed by atoms with van der Waals surface area (Å²) < 4.78 is 3.28. The van der Waals surface area contributed by atoms with E-state index in [0.717, 1.165) is 43.1 Å². The molecular weight excluding hydrogens is 314 g/mol. The Morgan fingerprint density at radius 2 is 1.96 bits per heavy atom. The summed E-state index contributed by atoms with van der Waals surface area (Å²) in [5.74, 6) is 1.07. The third kappa shape index (κ3) is 3.25. The predicted molar refractivity (Wildman–Crippen MR) is 96.0 cm³/mol. The molecule has 1 saturated heterocycles. The van der Waals surface area contributed by atoms with Crippen LogP contribution in [-0.2, 0) is 6.54 Å². The summed E-state index contributed by atoms with van der Waals surface area (Å²) in [5.41, 5.74) is 1.58. The first-order chi connectivity index (χ1) is 12.3. The molecule has 1 aliphatic heterocycles. The van der Waals surface area contributed by atoms with Gasteiger partial charge in [0, 0.05) is 18.7 Å². The highest BCUT2D eigenvalue weighted by molar-refractivity contribution is 5.33. The van der Waals surface area contributed by atoms with E-state index in [1.165, 1.54) is 4.68 Å². The SMILES string of the molecule is O=c1n(Cc2ccccn2)nc([C@H]2CCCNC2)n1-c1ccccc1. The highest BCUT2D eigenvalue weighted by atomic mass is 16.2. The summed E-state index contributed by atoms with van der Waals surface area (Å²) in [6.45, 7) is 2.26. The minimum atomic E-state index is -0.113. The van der Waals surface area contributed by atoms with Crippen LogP contribution >= 0.6 is 0 Å². The van der Waals surface area contributed by atoms with Gasteiger partial charge < -0.3 is 5.32 Å². The molecule has 3 aromatic rings. The van der Waals surface area contributed by atoms with Crippen molar-refractivity contribution in [2.45, 2.75) is 25.3 Å². The number of hydrogen-bond acceptors (Lipinski definition) is 4. The molecule has 1 aromatic carbocycles. The summed E-state index contributed by atoms with van der Waals surface area (Å²) in [6.07, 6.45) is 3.88. The quantitative estimate of drug-likeness (QED) is 0.791. The molecule has 0 bridgehead atoms. The van der Waals surface area contributed by atoms with E-state index in [0.29, 0.717) is 6.54 Å². The molecule has 0 amide bonds. The Kier molecular flexibility index (Phi) is 4.43. The van der Waals surface area contributed by atoms with E-state index in [1.54, 1.807) is 10.8 Å². The maximum Gasteiger partial charge on any atom is 0.350 e. The Morgan fingerprint density at radius 3 is 2.68 bits per heavy atom. The molecule has 4 rings (SSSR count). The lowest BCUT2D eigenvalue weighted by Crippen LogP contribution is -2.31. The Labute approximate surface area is 146 Å². The van der Waals surface area contributed by atoms with Crippen molar-refractivity contribution in [3.63, 3.8) is 0 Å². The lowest BCUT2D eigenvalue weighted by Gasteiger charge is -2.22. The van der Waals surface area contributed by atoms with Crippen LogP contribution in [0.3, 0.4) is 0 Å². The maximum atomic E-state index is 13.1. The standard InChI is InChI=1S/C19H21N5O/c25-19-23(14-16-8-4-5-12-21-16)22-18(15-7-6-11-20-13-15)24(19)17-9-2-1-3-10-17/h1-5,8-10,12,15,20H,6-7,11,13-14H2/t15-/m0/s1. The molecule has 0 unspecified atom stereocenters. The van der Waals surface area contributed by atoms with Gasteiger partial charge in [0.15, 0.2) is 0 Å². The first-order valence-corrected chi connectivity index (χ1v) is 8.69. The van der Waals surface area contributed by atoms with Gasteiger partial charge in [-0.1, -0.05) is 24.3 Å². The van der Waals surface area contributed by atoms with Crippen LogP contribution in [0.15, 0.2) is 59.5 Å². The molecule has 0 aliphatic carbocycles. The van der Waals surface area contributed by atoms with Gasteiger partial charge in [-0.15, -0.1) is 0 Å². The first-order valence-electron chi connectivity index (χ1n) is 8.69. The first kappa shape index (κ1) is 15.8. The zero-order chi connectivity index (χ0) is 17.1. The van der Waals surface area contributed by atoms with Crippen molar-refractivity contribution >= 4 is 0 Å². The van der Waals surface area contributed by atoms with Crippen LogP contribution in [0.2, 0.25) is 0 Å². The molecule has 6 nitrogen and oxygen atoms in total. The number of piperidine rings is 1. The molecule has 1 aliphatic rings. The van der Waals surface area contributed by atoms with E-state index in [9.17, 15) is 4.79 Å². The van der Waals surface area contributed by atoms with Gasteiger partial charge in [-0.2, -0.15) is 5.10 Å². The lowest BCUT2D eigenvalue weighted by molar-refractivity contribution is 0.439. The van der Waals surface area contributed by atoms with Crippen LogP contribution < -0.4 is 11.0 Å². The highest BCUT2D eigenvalue weighted by Gasteiger charge is 2.24. The van der Waals surface area contributed by atoms with E-state index in [-0.39, 0.29) is 11.6 Å². The molecule has 0 radical (unpaired) electrons. The molecule has 128 valence electrons. The van der Waals surface area contributed by atoms with Gasteiger partial charge in [0.25, 0.3) is 0 Å².